The van der Waals surface area contributed by atoms with Gasteiger partial charge in [0.05, 0.1) is 0 Å². The van der Waals surface area contributed by atoms with Gasteiger partial charge in [-0.1, -0.05) is 90.4 Å². The quantitative estimate of drug-likeness (QED) is 0.529. The molecule has 0 radical (unpaired) electrons. The van der Waals surface area contributed by atoms with E-state index in [2.05, 4.69) is 6.92 Å². The Balaban J connectivity index is 1.66. The fourth-order valence-corrected chi connectivity index (χ4v) is 4.09. The molecule has 2 aliphatic rings. The van der Waals surface area contributed by atoms with E-state index < -0.39 is 0 Å². The molecule has 0 aliphatic heterocycles. The summed E-state index contributed by atoms with van der Waals surface area (Å²) in [6.07, 6.45) is 19.8. The zero-order valence-electron chi connectivity index (χ0n) is 11.9. The minimum absolute atomic E-state index is 1.01. The Kier molecular flexibility index (Phi) is 5.88. The molecular weight excluding hydrogens is 204 g/mol. The first-order valence-electron chi connectivity index (χ1n) is 8.36. The van der Waals surface area contributed by atoms with Crippen LogP contribution < -0.4 is 0 Å². The lowest BCUT2D eigenvalue weighted by molar-refractivity contribution is 0.256. The second kappa shape index (κ2) is 7.44. The third kappa shape index (κ3) is 4.64. The summed E-state index contributed by atoms with van der Waals surface area (Å²) in [5.74, 6) is 3.17. The lowest BCUT2D eigenvalue weighted by Crippen LogP contribution is -2.14. The molecule has 0 N–H and O–H groups in total. The van der Waals surface area contributed by atoms with Gasteiger partial charge in [-0.2, -0.15) is 0 Å². The summed E-state index contributed by atoms with van der Waals surface area (Å²) in [5, 5.41) is 0. The topological polar surface area (TPSA) is 0 Å². The molecule has 0 bridgehead atoms. The first-order valence-corrected chi connectivity index (χ1v) is 8.36. The molecule has 0 saturated heterocycles. The van der Waals surface area contributed by atoms with Gasteiger partial charge in [-0.3, -0.25) is 0 Å². The van der Waals surface area contributed by atoms with Gasteiger partial charge < -0.3 is 0 Å². The van der Waals surface area contributed by atoms with Crippen molar-refractivity contribution < 1.29 is 0 Å². The molecule has 0 heterocycles. The molecular formula is C17H32. The molecule has 17 heavy (non-hydrogen) atoms. The van der Waals surface area contributed by atoms with E-state index >= 15 is 0 Å². The summed E-state index contributed by atoms with van der Waals surface area (Å²) in [7, 11) is 0. The molecule has 2 fully saturated rings. The predicted octanol–water partition coefficient (Wildman–Crippen LogP) is 5.95. The zero-order valence-corrected chi connectivity index (χ0v) is 11.9. The smallest absolute Gasteiger partial charge is 0.0388 e. The summed E-state index contributed by atoms with van der Waals surface area (Å²) >= 11 is 0. The van der Waals surface area contributed by atoms with Gasteiger partial charge in [-0.25, -0.2) is 0 Å². The van der Waals surface area contributed by atoms with Crippen molar-refractivity contribution in [2.45, 2.75) is 90.4 Å². The number of hydrogen-bond acceptors (Lipinski definition) is 0. The maximum Gasteiger partial charge on any atom is -0.0388 e. The molecule has 0 heteroatoms. The van der Waals surface area contributed by atoms with Crippen molar-refractivity contribution in [3.8, 4) is 0 Å². The molecule has 2 saturated carbocycles. The van der Waals surface area contributed by atoms with Crippen LogP contribution in [0.25, 0.3) is 0 Å². The van der Waals surface area contributed by atoms with Gasteiger partial charge in [0.15, 0.2) is 0 Å². The monoisotopic (exact) mass is 236 g/mol. The van der Waals surface area contributed by atoms with Crippen molar-refractivity contribution in [2.75, 3.05) is 0 Å². The normalized spacial score (nSPS) is 26.6. The second-order valence-corrected chi connectivity index (χ2v) is 6.81. The van der Waals surface area contributed by atoms with E-state index in [4.69, 9.17) is 0 Å². The van der Waals surface area contributed by atoms with E-state index in [9.17, 15) is 0 Å². The van der Waals surface area contributed by atoms with E-state index in [0.717, 1.165) is 17.8 Å². The van der Waals surface area contributed by atoms with Gasteiger partial charge >= 0.3 is 0 Å². The van der Waals surface area contributed by atoms with Crippen LogP contribution in [0.2, 0.25) is 0 Å². The van der Waals surface area contributed by atoms with Crippen LogP contribution in [0.5, 0.6) is 0 Å². The average molecular weight is 236 g/mol. The van der Waals surface area contributed by atoms with Gasteiger partial charge in [0.25, 0.3) is 0 Å². The van der Waals surface area contributed by atoms with Crippen molar-refractivity contribution in [1.29, 1.82) is 0 Å². The van der Waals surface area contributed by atoms with E-state index in [1.807, 2.05) is 0 Å². The lowest BCUT2D eigenvalue weighted by Gasteiger charge is -2.26. The molecule has 1 atom stereocenters. The molecule has 0 amide bonds. The van der Waals surface area contributed by atoms with Gasteiger partial charge in [-0.05, 0) is 17.8 Å². The van der Waals surface area contributed by atoms with E-state index in [1.54, 1.807) is 0 Å². The maximum absolute atomic E-state index is 2.54. The lowest BCUT2D eigenvalue weighted by atomic mass is 9.80. The minimum Gasteiger partial charge on any atom is -0.0622 e. The standard InChI is InChI=1S/C17H32/c1-15(17-11-7-2-3-8-12-17)13-14-16-9-5-4-6-10-16/h15-17H,2-14H2,1H3. The SMILES string of the molecule is CC(CCC1CCCCC1)C1CCCCCC1. The van der Waals surface area contributed by atoms with E-state index in [-0.39, 0.29) is 0 Å². The molecule has 100 valence electrons. The Morgan fingerprint density at radius 2 is 1.29 bits per heavy atom. The van der Waals surface area contributed by atoms with Crippen LogP contribution in [-0.2, 0) is 0 Å². The molecule has 1 unspecified atom stereocenters. The van der Waals surface area contributed by atoms with Gasteiger partial charge in [0.1, 0.15) is 0 Å². The summed E-state index contributed by atoms with van der Waals surface area (Å²) in [6, 6.07) is 0. The largest absolute Gasteiger partial charge is 0.0622 e. The van der Waals surface area contributed by atoms with Crippen LogP contribution in [0.3, 0.4) is 0 Å². The van der Waals surface area contributed by atoms with Crippen molar-refractivity contribution >= 4 is 0 Å². The predicted molar refractivity (Wildman–Crippen MR) is 76.2 cm³/mol. The Morgan fingerprint density at radius 1 is 0.765 bits per heavy atom. The van der Waals surface area contributed by atoms with Crippen molar-refractivity contribution in [3.05, 3.63) is 0 Å². The minimum atomic E-state index is 1.01. The van der Waals surface area contributed by atoms with Crippen molar-refractivity contribution in [2.24, 2.45) is 17.8 Å². The first kappa shape index (κ1) is 13.4. The third-order valence-electron chi connectivity index (χ3n) is 5.46. The fraction of sp³-hybridized carbons (Fsp3) is 1.00. The van der Waals surface area contributed by atoms with Gasteiger partial charge in [0, 0.05) is 0 Å². The molecule has 0 aromatic carbocycles. The highest BCUT2D eigenvalue weighted by atomic mass is 14.3. The molecule has 2 rings (SSSR count). The third-order valence-corrected chi connectivity index (χ3v) is 5.46. The summed E-state index contributed by atoms with van der Waals surface area (Å²) in [5.41, 5.74) is 0. The van der Waals surface area contributed by atoms with Gasteiger partial charge in [-0.15, -0.1) is 0 Å². The molecule has 0 aromatic heterocycles. The Morgan fingerprint density at radius 3 is 1.94 bits per heavy atom. The first-order chi connectivity index (χ1) is 8.36. The Labute approximate surface area is 109 Å². The molecule has 2 aliphatic carbocycles. The van der Waals surface area contributed by atoms with E-state index in [0.29, 0.717) is 0 Å². The number of rotatable bonds is 4. The van der Waals surface area contributed by atoms with Crippen LogP contribution >= 0.6 is 0 Å². The summed E-state index contributed by atoms with van der Waals surface area (Å²) < 4.78 is 0. The highest BCUT2D eigenvalue weighted by molar-refractivity contribution is 4.73. The van der Waals surface area contributed by atoms with Gasteiger partial charge in [0.2, 0.25) is 0 Å². The van der Waals surface area contributed by atoms with Crippen LogP contribution in [0, 0.1) is 17.8 Å². The highest BCUT2D eigenvalue weighted by Crippen LogP contribution is 2.34. The van der Waals surface area contributed by atoms with Crippen LogP contribution in [0.15, 0.2) is 0 Å². The van der Waals surface area contributed by atoms with Crippen LogP contribution in [-0.4, -0.2) is 0 Å². The van der Waals surface area contributed by atoms with Crippen LogP contribution in [0.4, 0.5) is 0 Å². The van der Waals surface area contributed by atoms with E-state index in [1.165, 1.54) is 83.5 Å². The molecule has 0 aromatic rings. The maximum atomic E-state index is 2.54. The number of hydrogen-bond donors (Lipinski definition) is 0. The molecule has 0 nitrogen and oxygen atoms in total. The summed E-state index contributed by atoms with van der Waals surface area (Å²) in [6.45, 7) is 2.54. The highest BCUT2D eigenvalue weighted by Gasteiger charge is 2.21. The molecule has 0 spiro atoms. The Hall–Kier alpha value is 0. The average Bonchev–Trinajstić information content (AvgIpc) is 2.66. The fourth-order valence-electron chi connectivity index (χ4n) is 4.09. The summed E-state index contributed by atoms with van der Waals surface area (Å²) in [4.78, 5) is 0. The van der Waals surface area contributed by atoms with Crippen LogP contribution in [0.1, 0.15) is 90.4 Å². The second-order valence-electron chi connectivity index (χ2n) is 6.81. The van der Waals surface area contributed by atoms with Crippen molar-refractivity contribution in [1.82, 2.24) is 0 Å². The van der Waals surface area contributed by atoms with Crippen molar-refractivity contribution in [3.63, 3.8) is 0 Å². The zero-order chi connectivity index (χ0) is 11.9. The Bertz CT molecular complexity index is 182.